The van der Waals surface area contributed by atoms with E-state index in [1.807, 2.05) is 0 Å². The Kier molecular flexibility index (Phi) is 4.72. The second kappa shape index (κ2) is 5.83. The Hall–Kier alpha value is -1.11. The first-order valence-corrected chi connectivity index (χ1v) is 6.65. The number of rotatable bonds is 6. The van der Waals surface area contributed by atoms with Crippen molar-refractivity contribution in [3.63, 3.8) is 0 Å². The van der Waals surface area contributed by atoms with Crippen LogP contribution in [0.2, 0.25) is 0 Å². The van der Waals surface area contributed by atoms with Crippen molar-refractivity contribution in [2.75, 3.05) is 18.4 Å². The molecule has 90 valence electrons. The third-order valence-corrected chi connectivity index (χ3v) is 3.07. The van der Waals surface area contributed by atoms with Gasteiger partial charge in [-0.1, -0.05) is 0 Å². The van der Waals surface area contributed by atoms with Gasteiger partial charge in [0.1, 0.15) is 0 Å². The maximum Gasteiger partial charge on any atom is 0.238 e. The fourth-order valence-corrected chi connectivity index (χ4v) is 1.78. The number of anilines is 1. The standard InChI is InChI=1S/C10H17N3O2S/c11-7-1-2-8-13-9-3-5-10(6-4-9)16(12,14)15/h3-6,13H,1-2,7-8,11H2,(H2,12,14,15). The molecule has 0 unspecified atom stereocenters. The largest absolute Gasteiger partial charge is 0.385 e. The fourth-order valence-electron chi connectivity index (χ4n) is 1.26. The minimum atomic E-state index is -3.59. The molecule has 1 aromatic rings. The molecule has 0 amide bonds. The minimum absolute atomic E-state index is 0.125. The first-order valence-electron chi connectivity index (χ1n) is 5.11. The van der Waals surface area contributed by atoms with Gasteiger partial charge in [-0.3, -0.25) is 0 Å². The third kappa shape index (κ3) is 4.18. The predicted molar refractivity (Wildman–Crippen MR) is 64.6 cm³/mol. The molecule has 1 aromatic carbocycles. The zero-order valence-electron chi connectivity index (χ0n) is 9.02. The highest BCUT2D eigenvalue weighted by Gasteiger charge is 2.05. The molecular formula is C10H17N3O2S. The summed E-state index contributed by atoms with van der Waals surface area (Å²) in [7, 11) is -3.59. The maximum atomic E-state index is 11.0. The molecule has 6 heteroatoms. The Morgan fingerprint density at radius 1 is 1.12 bits per heavy atom. The summed E-state index contributed by atoms with van der Waals surface area (Å²) in [4.78, 5) is 0.125. The van der Waals surface area contributed by atoms with Crippen molar-refractivity contribution in [3.05, 3.63) is 24.3 Å². The van der Waals surface area contributed by atoms with E-state index in [1.54, 1.807) is 12.1 Å². The van der Waals surface area contributed by atoms with E-state index in [-0.39, 0.29) is 4.90 Å². The van der Waals surface area contributed by atoms with Crippen molar-refractivity contribution in [1.82, 2.24) is 0 Å². The van der Waals surface area contributed by atoms with Crippen molar-refractivity contribution < 1.29 is 8.42 Å². The van der Waals surface area contributed by atoms with Crippen LogP contribution in [0.1, 0.15) is 12.8 Å². The van der Waals surface area contributed by atoms with E-state index in [1.165, 1.54) is 12.1 Å². The maximum absolute atomic E-state index is 11.0. The molecule has 0 saturated carbocycles. The van der Waals surface area contributed by atoms with E-state index in [0.29, 0.717) is 6.54 Å². The summed E-state index contributed by atoms with van der Waals surface area (Å²) in [5.74, 6) is 0. The number of sulfonamides is 1. The quantitative estimate of drug-likeness (QED) is 0.633. The lowest BCUT2D eigenvalue weighted by molar-refractivity contribution is 0.598. The van der Waals surface area contributed by atoms with Gasteiger partial charge in [0.15, 0.2) is 0 Å². The minimum Gasteiger partial charge on any atom is -0.385 e. The van der Waals surface area contributed by atoms with Gasteiger partial charge in [0, 0.05) is 12.2 Å². The van der Waals surface area contributed by atoms with Gasteiger partial charge in [0.25, 0.3) is 0 Å². The van der Waals surface area contributed by atoms with E-state index in [0.717, 1.165) is 25.1 Å². The van der Waals surface area contributed by atoms with Gasteiger partial charge < -0.3 is 11.1 Å². The lowest BCUT2D eigenvalue weighted by atomic mass is 10.3. The molecule has 0 aliphatic heterocycles. The highest BCUT2D eigenvalue weighted by molar-refractivity contribution is 7.89. The van der Waals surface area contributed by atoms with Crippen LogP contribution in [0.3, 0.4) is 0 Å². The SMILES string of the molecule is NCCCCNc1ccc(S(N)(=O)=O)cc1. The smallest absolute Gasteiger partial charge is 0.238 e. The lowest BCUT2D eigenvalue weighted by Gasteiger charge is -2.06. The van der Waals surface area contributed by atoms with Crippen molar-refractivity contribution in [2.24, 2.45) is 10.9 Å². The van der Waals surface area contributed by atoms with Crippen LogP contribution in [0, 0.1) is 0 Å². The summed E-state index contributed by atoms with van der Waals surface area (Å²) < 4.78 is 22.0. The number of nitrogens with two attached hydrogens (primary N) is 2. The van der Waals surface area contributed by atoms with E-state index >= 15 is 0 Å². The van der Waals surface area contributed by atoms with Gasteiger partial charge in [-0.05, 0) is 43.7 Å². The second-order valence-electron chi connectivity index (χ2n) is 3.49. The van der Waals surface area contributed by atoms with Gasteiger partial charge in [-0.15, -0.1) is 0 Å². The summed E-state index contributed by atoms with van der Waals surface area (Å²) >= 11 is 0. The average molecular weight is 243 g/mol. The van der Waals surface area contributed by atoms with E-state index in [2.05, 4.69) is 5.32 Å². The summed E-state index contributed by atoms with van der Waals surface area (Å²) in [6.07, 6.45) is 1.97. The highest BCUT2D eigenvalue weighted by Crippen LogP contribution is 2.12. The molecule has 0 aliphatic rings. The summed E-state index contributed by atoms with van der Waals surface area (Å²) in [6.45, 7) is 1.51. The third-order valence-electron chi connectivity index (χ3n) is 2.14. The molecule has 0 radical (unpaired) electrons. The van der Waals surface area contributed by atoms with Crippen LogP contribution in [0.15, 0.2) is 29.2 Å². The molecule has 0 heterocycles. The van der Waals surface area contributed by atoms with Crippen LogP contribution < -0.4 is 16.2 Å². The zero-order valence-corrected chi connectivity index (χ0v) is 9.83. The van der Waals surface area contributed by atoms with Gasteiger partial charge in [-0.25, -0.2) is 13.6 Å². The molecule has 0 saturated heterocycles. The van der Waals surface area contributed by atoms with E-state index < -0.39 is 10.0 Å². The van der Waals surface area contributed by atoms with Gasteiger partial charge in [0.05, 0.1) is 4.90 Å². The van der Waals surface area contributed by atoms with Crippen LogP contribution in [-0.4, -0.2) is 21.5 Å². The summed E-state index contributed by atoms with van der Waals surface area (Å²) in [6, 6.07) is 6.37. The molecule has 16 heavy (non-hydrogen) atoms. The van der Waals surface area contributed by atoms with Gasteiger partial charge in [-0.2, -0.15) is 0 Å². The Labute approximate surface area is 95.9 Å². The molecule has 0 aliphatic carbocycles. The molecule has 0 aromatic heterocycles. The summed E-state index contributed by atoms with van der Waals surface area (Å²) in [5.41, 5.74) is 6.25. The number of hydrogen-bond donors (Lipinski definition) is 3. The number of nitrogens with one attached hydrogen (secondary N) is 1. The Balaban J connectivity index is 2.52. The number of primary sulfonamides is 1. The van der Waals surface area contributed by atoms with Crippen LogP contribution >= 0.6 is 0 Å². The number of unbranched alkanes of at least 4 members (excludes halogenated alkanes) is 1. The molecular weight excluding hydrogens is 226 g/mol. The molecule has 5 nitrogen and oxygen atoms in total. The monoisotopic (exact) mass is 243 g/mol. The van der Waals surface area contributed by atoms with Crippen LogP contribution in [-0.2, 0) is 10.0 Å². The first kappa shape index (κ1) is 13.0. The van der Waals surface area contributed by atoms with Gasteiger partial charge >= 0.3 is 0 Å². The molecule has 0 bridgehead atoms. The number of hydrogen-bond acceptors (Lipinski definition) is 4. The zero-order chi connectivity index (χ0) is 12.0. The van der Waals surface area contributed by atoms with Crippen LogP contribution in [0.4, 0.5) is 5.69 Å². The Morgan fingerprint density at radius 3 is 2.25 bits per heavy atom. The van der Waals surface area contributed by atoms with Crippen molar-refractivity contribution >= 4 is 15.7 Å². The molecule has 0 atom stereocenters. The molecule has 5 N–H and O–H groups in total. The second-order valence-corrected chi connectivity index (χ2v) is 5.05. The Morgan fingerprint density at radius 2 is 1.75 bits per heavy atom. The fraction of sp³-hybridized carbons (Fsp3) is 0.400. The number of benzene rings is 1. The van der Waals surface area contributed by atoms with Crippen molar-refractivity contribution in [2.45, 2.75) is 17.7 Å². The molecule has 1 rings (SSSR count). The first-order chi connectivity index (χ1) is 7.54. The highest BCUT2D eigenvalue weighted by atomic mass is 32.2. The molecule has 0 spiro atoms. The predicted octanol–water partition coefficient (Wildman–Crippen LogP) is 0.485. The Bertz CT molecular complexity index is 414. The lowest BCUT2D eigenvalue weighted by Crippen LogP contribution is -2.12. The topological polar surface area (TPSA) is 98.2 Å². The van der Waals surface area contributed by atoms with E-state index in [9.17, 15) is 8.42 Å². The van der Waals surface area contributed by atoms with Crippen LogP contribution in [0.25, 0.3) is 0 Å². The van der Waals surface area contributed by atoms with E-state index in [4.69, 9.17) is 10.9 Å². The average Bonchev–Trinajstić information content (AvgIpc) is 2.24. The van der Waals surface area contributed by atoms with Crippen molar-refractivity contribution in [3.8, 4) is 0 Å². The van der Waals surface area contributed by atoms with Crippen LogP contribution in [0.5, 0.6) is 0 Å². The normalized spacial score (nSPS) is 11.4. The summed E-state index contributed by atoms with van der Waals surface area (Å²) in [5, 5.41) is 8.15. The van der Waals surface area contributed by atoms with Gasteiger partial charge in [0.2, 0.25) is 10.0 Å². The molecule has 0 fully saturated rings. The van der Waals surface area contributed by atoms with Crippen molar-refractivity contribution in [1.29, 1.82) is 0 Å².